The molecule has 1 aliphatic heterocycles. The van der Waals surface area contributed by atoms with Gasteiger partial charge in [-0.1, -0.05) is 12.1 Å². The molecule has 0 aliphatic carbocycles. The van der Waals surface area contributed by atoms with E-state index in [9.17, 15) is 4.79 Å². The van der Waals surface area contributed by atoms with Crippen LogP contribution >= 0.6 is 0 Å². The Balaban J connectivity index is 1.47. The van der Waals surface area contributed by atoms with Crippen LogP contribution in [0.5, 0.6) is 0 Å². The van der Waals surface area contributed by atoms with Crippen LogP contribution in [0.3, 0.4) is 0 Å². The van der Waals surface area contributed by atoms with E-state index < -0.39 is 0 Å². The molecule has 1 aliphatic rings. The Labute approximate surface area is 145 Å². The molecule has 0 unspecified atom stereocenters. The van der Waals surface area contributed by atoms with Crippen LogP contribution in [0.2, 0.25) is 0 Å². The number of carbonyl (C=O) groups is 1. The lowest BCUT2D eigenvalue weighted by atomic mass is 10.1. The number of anilines is 1. The monoisotopic (exact) mass is 337 g/mol. The van der Waals surface area contributed by atoms with Gasteiger partial charge in [0.1, 0.15) is 0 Å². The quantitative estimate of drug-likeness (QED) is 0.780. The second-order valence-electron chi connectivity index (χ2n) is 6.09. The van der Waals surface area contributed by atoms with Crippen molar-refractivity contribution < 1.29 is 9.53 Å². The molecule has 0 spiro atoms. The molecule has 0 bridgehead atoms. The first kappa shape index (κ1) is 15.6. The number of hydrogen-bond donors (Lipinski definition) is 1. The van der Waals surface area contributed by atoms with Crippen molar-refractivity contribution in [3.05, 3.63) is 48.9 Å². The number of nitrogens with one attached hydrogen (secondary N) is 1. The first-order chi connectivity index (χ1) is 12.2. The number of hydrogen-bond acceptors (Lipinski definition) is 4. The van der Waals surface area contributed by atoms with Crippen LogP contribution < -0.4 is 5.32 Å². The Kier molecular flexibility index (Phi) is 4.07. The van der Waals surface area contributed by atoms with Crippen LogP contribution in [0, 0.1) is 0 Å². The molecule has 1 N–H and O–H groups in total. The Bertz CT molecular complexity index is 857. The third-order valence-corrected chi connectivity index (χ3v) is 4.20. The zero-order chi connectivity index (χ0) is 17.2. The van der Waals surface area contributed by atoms with Gasteiger partial charge in [-0.25, -0.2) is 14.8 Å². The SMILES string of the molecule is C[C@H]1CN(C(=O)Nc2ccc(-c3cn4cccnc4n3)cc2)CCO1. The van der Waals surface area contributed by atoms with Gasteiger partial charge in [0.15, 0.2) is 0 Å². The summed E-state index contributed by atoms with van der Waals surface area (Å²) in [6, 6.07) is 9.42. The van der Waals surface area contributed by atoms with Gasteiger partial charge in [-0.2, -0.15) is 0 Å². The summed E-state index contributed by atoms with van der Waals surface area (Å²) >= 11 is 0. The molecular weight excluding hydrogens is 318 g/mol. The minimum Gasteiger partial charge on any atom is -0.375 e. The second-order valence-corrected chi connectivity index (χ2v) is 6.09. The normalized spacial score (nSPS) is 17.6. The van der Waals surface area contributed by atoms with Crippen molar-refractivity contribution in [1.82, 2.24) is 19.3 Å². The number of aromatic nitrogens is 3. The molecule has 25 heavy (non-hydrogen) atoms. The fourth-order valence-corrected chi connectivity index (χ4v) is 2.90. The van der Waals surface area contributed by atoms with Crippen molar-refractivity contribution in [2.45, 2.75) is 13.0 Å². The number of imidazole rings is 1. The van der Waals surface area contributed by atoms with Gasteiger partial charge < -0.3 is 15.0 Å². The molecule has 128 valence electrons. The zero-order valence-corrected chi connectivity index (χ0v) is 13.9. The highest BCUT2D eigenvalue weighted by atomic mass is 16.5. The van der Waals surface area contributed by atoms with E-state index in [-0.39, 0.29) is 12.1 Å². The standard InChI is InChI=1S/C18H19N5O2/c1-13-11-23(9-10-25-13)18(24)20-15-5-3-14(4-6-15)16-12-22-8-2-7-19-17(22)21-16/h2-8,12-13H,9-11H2,1H3,(H,20,24)/t13-/m0/s1. The van der Waals surface area contributed by atoms with Crippen molar-refractivity contribution in [3.63, 3.8) is 0 Å². The first-order valence-corrected chi connectivity index (χ1v) is 8.27. The van der Waals surface area contributed by atoms with Gasteiger partial charge in [0, 0.05) is 42.9 Å². The van der Waals surface area contributed by atoms with Crippen LogP contribution in [0.4, 0.5) is 10.5 Å². The van der Waals surface area contributed by atoms with Crippen LogP contribution in [0.1, 0.15) is 6.92 Å². The Hall–Kier alpha value is -2.93. The number of fused-ring (bicyclic) bond motifs is 1. The molecule has 0 radical (unpaired) electrons. The summed E-state index contributed by atoms with van der Waals surface area (Å²) in [6.45, 7) is 3.77. The third kappa shape index (κ3) is 3.32. The summed E-state index contributed by atoms with van der Waals surface area (Å²) in [7, 11) is 0. The number of benzene rings is 1. The summed E-state index contributed by atoms with van der Waals surface area (Å²) in [5.74, 6) is 0.663. The first-order valence-electron chi connectivity index (χ1n) is 8.27. The smallest absolute Gasteiger partial charge is 0.322 e. The molecule has 2 amide bonds. The van der Waals surface area contributed by atoms with Crippen LogP contribution in [0.25, 0.3) is 17.0 Å². The number of amides is 2. The summed E-state index contributed by atoms with van der Waals surface area (Å²) < 4.78 is 7.34. The highest BCUT2D eigenvalue weighted by Gasteiger charge is 2.21. The number of carbonyl (C=O) groups excluding carboxylic acids is 1. The molecule has 0 saturated carbocycles. The lowest BCUT2D eigenvalue weighted by Crippen LogP contribution is -2.46. The average Bonchev–Trinajstić information content (AvgIpc) is 3.06. The molecule has 2 aromatic heterocycles. The van der Waals surface area contributed by atoms with Gasteiger partial charge in [0.2, 0.25) is 5.78 Å². The molecule has 3 aromatic rings. The number of morpholine rings is 1. The van der Waals surface area contributed by atoms with Crippen molar-refractivity contribution in [2.24, 2.45) is 0 Å². The van der Waals surface area contributed by atoms with Crippen molar-refractivity contribution >= 4 is 17.5 Å². The van der Waals surface area contributed by atoms with E-state index in [1.807, 2.05) is 54.0 Å². The predicted octanol–water partition coefficient (Wildman–Crippen LogP) is 2.65. The summed E-state index contributed by atoms with van der Waals surface area (Å²) in [5, 5.41) is 2.93. The Morgan fingerprint density at radius 2 is 2.16 bits per heavy atom. The van der Waals surface area contributed by atoms with Gasteiger partial charge in [0.05, 0.1) is 18.4 Å². The summed E-state index contributed by atoms with van der Waals surface area (Å²) in [5.41, 5.74) is 2.58. The molecule has 1 saturated heterocycles. The maximum atomic E-state index is 12.3. The Morgan fingerprint density at radius 1 is 1.32 bits per heavy atom. The second kappa shape index (κ2) is 6.52. The number of rotatable bonds is 2. The minimum atomic E-state index is -0.0974. The van der Waals surface area contributed by atoms with E-state index in [0.29, 0.717) is 25.5 Å². The largest absolute Gasteiger partial charge is 0.375 e. The minimum absolute atomic E-state index is 0.0746. The van der Waals surface area contributed by atoms with Crippen LogP contribution in [-0.4, -0.2) is 51.1 Å². The summed E-state index contributed by atoms with van der Waals surface area (Å²) in [6.07, 6.45) is 5.64. The van der Waals surface area contributed by atoms with Gasteiger partial charge in [-0.15, -0.1) is 0 Å². The molecule has 1 fully saturated rings. The van der Waals surface area contributed by atoms with Crippen molar-refractivity contribution in [1.29, 1.82) is 0 Å². The van der Waals surface area contributed by atoms with Crippen LogP contribution in [-0.2, 0) is 4.74 Å². The molecule has 1 aromatic carbocycles. The van der Waals surface area contributed by atoms with Crippen molar-refractivity contribution in [3.8, 4) is 11.3 Å². The van der Waals surface area contributed by atoms with Gasteiger partial charge >= 0.3 is 6.03 Å². The van der Waals surface area contributed by atoms with E-state index in [0.717, 1.165) is 16.9 Å². The van der Waals surface area contributed by atoms with E-state index in [1.165, 1.54) is 0 Å². The molecule has 7 heteroatoms. The van der Waals surface area contributed by atoms with Gasteiger partial charge in [-0.3, -0.25) is 4.40 Å². The lowest BCUT2D eigenvalue weighted by Gasteiger charge is -2.31. The fraction of sp³-hybridized carbons (Fsp3) is 0.278. The van der Waals surface area contributed by atoms with Crippen molar-refractivity contribution in [2.75, 3.05) is 25.0 Å². The molecular formula is C18H19N5O2. The van der Waals surface area contributed by atoms with E-state index in [1.54, 1.807) is 11.1 Å². The average molecular weight is 337 g/mol. The Morgan fingerprint density at radius 3 is 2.92 bits per heavy atom. The number of urea groups is 1. The number of nitrogens with zero attached hydrogens (tertiary/aromatic N) is 4. The van der Waals surface area contributed by atoms with E-state index in [4.69, 9.17) is 4.74 Å². The van der Waals surface area contributed by atoms with Crippen LogP contribution in [0.15, 0.2) is 48.9 Å². The maximum absolute atomic E-state index is 12.3. The zero-order valence-electron chi connectivity index (χ0n) is 13.9. The van der Waals surface area contributed by atoms with Gasteiger partial charge in [0.25, 0.3) is 0 Å². The van der Waals surface area contributed by atoms with Gasteiger partial charge in [-0.05, 0) is 25.1 Å². The maximum Gasteiger partial charge on any atom is 0.322 e. The molecule has 7 nitrogen and oxygen atoms in total. The third-order valence-electron chi connectivity index (χ3n) is 4.20. The predicted molar refractivity (Wildman–Crippen MR) is 94.4 cm³/mol. The highest BCUT2D eigenvalue weighted by molar-refractivity contribution is 5.89. The fourth-order valence-electron chi connectivity index (χ4n) is 2.90. The molecule has 4 rings (SSSR count). The van der Waals surface area contributed by atoms with E-state index >= 15 is 0 Å². The highest BCUT2D eigenvalue weighted by Crippen LogP contribution is 2.21. The number of ether oxygens (including phenoxy) is 1. The lowest BCUT2D eigenvalue weighted by molar-refractivity contribution is -0.00138. The molecule has 1 atom stereocenters. The topological polar surface area (TPSA) is 71.8 Å². The van der Waals surface area contributed by atoms with E-state index in [2.05, 4.69) is 15.3 Å². The summed E-state index contributed by atoms with van der Waals surface area (Å²) in [4.78, 5) is 22.8. The molecule has 3 heterocycles.